The van der Waals surface area contributed by atoms with Crippen molar-refractivity contribution in [3.05, 3.63) is 72.9 Å². The zero-order valence-corrected chi connectivity index (χ0v) is 13.2. The molecule has 0 saturated heterocycles. The molecule has 0 radical (unpaired) electrons. The van der Waals surface area contributed by atoms with Crippen molar-refractivity contribution in [3.8, 4) is 22.6 Å². The number of hydrogen-bond acceptors (Lipinski definition) is 4. The van der Waals surface area contributed by atoms with Gasteiger partial charge >= 0.3 is 0 Å². The molecule has 4 heterocycles. The summed E-state index contributed by atoms with van der Waals surface area (Å²) in [4.78, 5) is 8.48. The van der Waals surface area contributed by atoms with Crippen LogP contribution in [0.3, 0.4) is 0 Å². The SMILES string of the molecule is Cn1nc(-c2cccnc2)cc1-c1ccn(Cc2ccccn2)n1. The van der Waals surface area contributed by atoms with Gasteiger partial charge in [-0.3, -0.25) is 19.3 Å². The molecule has 6 nitrogen and oxygen atoms in total. The van der Waals surface area contributed by atoms with Gasteiger partial charge in [0.1, 0.15) is 5.69 Å². The molecule has 0 bridgehead atoms. The molecule has 6 heteroatoms. The van der Waals surface area contributed by atoms with E-state index in [0.29, 0.717) is 6.54 Å². The first-order chi connectivity index (χ1) is 11.8. The highest BCUT2D eigenvalue weighted by molar-refractivity contribution is 5.65. The van der Waals surface area contributed by atoms with Crippen molar-refractivity contribution in [2.24, 2.45) is 7.05 Å². The van der Waals surface area contributed by atoms with E-state index in [0.717, 1.165) is 28.3 Å². The van der Waals surface area contributed by atoms with Crippen LogP contribution in [0.2, 0.25) is 0 Å². The molecule has 4 aromatic heterocycles. The number of nitrogens with zero attached hydrogens (tertiary/aromatic N) is 6. The highest BCUT2D eigenvalue weighted by Crippen LogP contribution is 2.23. The van der Waals surface area contributed by atoms with E-state index in [4.69, 9.17) is 0 Å². The van der Waals surface area contributed by atoms with Crippen molar-refractivity contribution in [3.63, 3.8) is 0 Å². The topological polar surface area (TPSA) is 61.4 Å². The number of pyridine rings is 2. The van der Waals surface area contributed by atoms with Crippen LogP contribution in [0.15, 0.2) is 67.3 Å². The Labute approximate surface area is 139 Å². The molecule has 0 saturated carbocycles. The first-order valence-electron chi connectivity index (χ1n) is 7.68. The number of aryl methyl sites for hydroxylation is 1. The van der Waals surface area contributed by atoms with Crippen molar-refractivity contribution in [1.29, 1.82) is 0 Å². The zero-order chi connectivity index (χ0) is 16.4. The summed E-state index contributed by atoms with van der Waals surface area (Å²) >= 11 is 0. The number of hydrogen-bond donors (Lipinski definition) is 0. The molecule has 0 aliphatic heterocycles. The van der Waals surface area contributed by atoms with Crippen LogP contribution in [0.5, 0.6) is 0 Å². The molecule has 0 unspecified atom stereocenters. The van der Waals surface area contributed by atoms with Gasteiger partial charge in [-0.25, -0.2) is 0 Å². The molecule has 24 heavy (non-hydrogen) atoms. The van der Waals surface area contributed by atoms with Crippen LogP contribution in [0.1, 0.15) is 5.69 Å². The van der Waals surface area contributed by atoms with Crippen LogP contribution in [-0.2, 0) is 13.6 Å². The fourth-order valence-corrected chi connectivity index (χ4v) is 2.61. The first-order valence-corrected chi connectivity index (χ1v) is 7.68. The minimum Gasteiger partial charge on any atom is -0.266 e. The molecule has 0 aromatic carbocycles. The van der Waals surface area contributed by atoms with Crippen LogP contribution in [0, 0.1) is 0 Å². The summed E-state index contributed by atoms with van der Waals surface area (Å²) in [5, 5.41) is 9.21. The fraction of sp³-hybridized carbons (Fsp3) is 0.111. The Balaban J connectivity index is 1.62. The third kappa shape index (κ3) is 2.81. The molecule has 0 aliphatic carbocycles. The molecule has 0 spiro atoms. The quantitative estimate of drug-likeness (QED) is 0.581. The molecule has 0 aliphatic rings. The normalized spacial score (nSPS) is 10.9. The number of rotatable bonds is 4. The average Bonchev–Trinajstić information content (AvgIpc) is 3.23. The standard InChI is InChI=1S/C18H16N6/c1-23-18(11-17(21-23)14-5-4-8-19-12-14)16-7-10-24(22-16)13-15-6-2-3-9-20-15/h2-12H,13H2,1H3. The number of aromatic nitrogens is 6. The van der Waals surface area contributed by atoms with E-state index < -0.39 is 0 Å². The lowest BCUT2D eigenvalue weighted by Gasteiger charge is -2.00. The maximum atomic E-state index is 4.64. The Kier molecular flexibility index (Phi) is 3.63. The van der Waals surface area contributed by atoms with E-state index in [1.165, 1.54) is 0 Å². The van der Waals surface area contributed by atoms with Crippen LogP contribution in [0.25, 0.3) is 22.6 Å². The monoisotopic (exact) mass is 316 g/mol. The summed E-state index contributed by atoms with van der Waals surface area (Å²) in [6, 6.07) is 13.8. The molecule has 0 atom stereocenters. The minimum absolute atomic E-state index is 0.647. The van der Waals surface area contributed by atoms with Gasteiger partial charge in [0.15, 0.2) is 0 Å². The van der Waals surface area contributed by atoms with Gasteiger partial charge < -0.3 is 0 Å². The molecule has 118 valence electrons. The largest absolute Gasteiger partial charge is 0.266 e. The molecule has 4 rings (SSSR count). The molecule has 0 N–H and O–H groups in total. The second kappa shape index (κ2) is 6.08. The van der Waals surface area contributed by atoms with Crippen molar-refractivity contribution < 1.29 is 0 Å². The van der Waals surface area contributed by atoms with E-state index in [9.17, 15) is 0 Å². The predicted octanol–water partition coefficient (Wildman–Crippen LogP) is 2.79. The van der Waals surface area contributed by atoms with E-state index in [1.54, 1.807) is 12.4 Å². The molecule has 0 amide bonds. The highest BCUT2D eigenvalue weighted by atomic mass is 15.3. The fourth-order valence-electron chi connectivity index (χ4n) is 2.61. The Hall–Kier alpha value is -3.28. The van der Waals surface area contributed by atoms with Gasteiger partial charge in [-0.05, 0) is 36.4 Å². The Bertz CT molecular complexity index is 940. The molecule has 0 fully saturated rings. The Morgan fingerprint density at radius 2 is 1.92 bits per heavy atom. The maximum absolute atomic E-state index is 4.64. The van der Waals surface area contributed by atoms with Crippen molar-refractivity contribution in [1.82, 2.24) is 29.5 Å². The Morgan fingerprint density at radius 1 is 0.958 bits per heavy atom. The lowest BCUT2D eigenvalue weighted by Crippen LogP contribution is -2.02. The summed E-state index contributed by atoms with van der Waals surface area (Å²) in [6.45, 7) is 0.647. The Morgan fingerprint density at radius 3 is 2.71 bits per heavy atom. The lowest BCUT2D eigenvalue weighted by atomic mass is 10.2. The lowest BCUT2D eigenvalue weighted by molar-refractivity contribution is 0.672. The van der Waals surface area contributed by atoms with E-state index >= 15 is 0 Å². The van der Waals surface area contributed by atoms with Crippen LogP contribution >= 0.6 is 0 Å². The van der Waals surface area contributed by atoms with Gasteiger partial charge in [-0.2, -0.15) is 10.2 Å². The molecular formula is C18H16N6. The summed E-state index contributed by atoms with van der Waals surface area (Å²) < 4.78 is 3.73. The van der Waals surface area contributed by atoms with Crippen molar-refractivity contribution >= 4 is 0 Å². The van der Waals surface area contributed by atoms with Crippen LogP contribution in [0.4, 0.5) is 0 Å². The second-order valence-corrected chi connectivity index (χ2v) is 5.50. The van der Waals surface area contributed by atoms with E-state index in [-0.39, 0.29) is 0 Å². The second-order valence-electron chi connectivity index (χ2n) is 5.50. The summed E-state index contributed by atoms with van der Waals surface area (Å²) in [5.74, 6) is 0. The third-order valence-corrected chi connectivity index (χ3v) is 3.79. The van der Waals surface area contributed by atoms with Gasteiger partial charge in [0, 0.05) is 37.4 Å². The average molecular weight is 316 g/mol. The van der Waals surface area contributed by atoms with Gasteiger partial charge in [0.05, 0.1) is 23.6 Å². The third-order valence-electron chi connectivity index (χ3n) is 3.79. The van der Waals surface area contributed by atoms with Gasteiger partial charge in [-0.1, -0.05) is 6.07 Å². The van der Waals surface area contributed by atoms with Crippen molar-refractivity contribution in [2.75, 3.05) is 0 Å². The summed E-state index contributed by atoms with van der Waals surface area (Å²) in [7, 11) is 1.92. The van der Waals surface area contributed by atoms with Gasteiger partial charge in [0.2, 0.25) is 0 Å². The zero-order valence-electron chi connectivity index (χ0n) is 13.2. The smallest absolute Gasteiger partial charge is 0.110 e. The van der Waals surface area contributed by atoms with E-state index in [2.05, 4.69) is 20.2 Å². The highest BCUT2D eigenvalue weighted by Gasteiger charge is 2.12. The molecule has 4 aromatic rings. The summed E-state index contributed by atoms with van der Waals surface area (Å²) in [6.07, 6.45) is 7.32. The minimum atomic E-state index is 0.647. The maximum Gasteiger partial charge on any atom is 0.110 e. The predicted molar refractivity (Wildman–Crippen MR) is 91.0 cm³/mol. The molecular weight excluding hydrogens is 300 g/mol. The van der Waals surface area contributed by atoms with Crippen molar-refractivity contribution in [2.45, 2.75) is 6.54 Å². The van der Waals surface area contributed by atoms with Crippen LogP contribution in [-0.4, -0.2) is 29.5 Å². The van der Waals surface area contributed by atoms with Gasteiger partial charge in [0.25, 0.3) is 0 Å². The van der Waals surface area contributed by atoms with Gasteiger partial charge in [-0.15, -0.1) is 0 Å². The first kappa shape index (κ1) is 14.3. The summed E-state index contributed by atoms with van der Waals surface area (Å²) in [5.41, 5.74) is 4.71. The van der Waals surface area contributed by atoms with E-state index in [1.807, 2.05) is 71.3 Å². The van der Waals surface area contributed by atoms with Crippen LogP contribution < -0.4 is 0 Å².